The van der Waals surface area contributed by atoms with Gasteiger partial charge in [-0.05, 0) is 30.7 Å². The fraction of sp³-hybridized carbons (Fsp3) is 0.542. The average Bonchev–Trinajstić information content (AvgIpc) is 3.10. The molecule has 11 heteroatoms. The number of benzene rings is 1. The highest BCUT2D eigenvalue weighted by Crippen LogP contribution is 2.38. The number of nitrogens with zero attached hydrogens (tertiary/aromatic N) is 5. The molecule has 3 aromatic rings. The smallest absolute Gasteiger partial charge is 0.227 e. The van der Waals surface area contributed by atoms with Crippen LogP contribution in [-0.4, -0.2) is 76.4 Å². The number of rotatable bonds is 6. The number of halogens is 3. The summed E-state index contributed by atoms with van der Waals surface area (Å²) in [6.07, 6.45) is 3.09. The molecule has 0 amide bonds. The molecule has 8 nitrogen and oxygen atoms in total. The molecule has 1 N–H and O–H groups in total. The quantitative estimate of drug-likeness (QED) is 0.514. The molecule has 3 aliphatic rings. The van der Waals surface area contributed by atoms with E-state index in [0.29, 0.717) is 79.3 Å². The van der Waals surface area contributed by atoms with E-state index in [4.69, 9.17) is 32.7 Å². The summed E-state index contributed by atoms with van der Waals surface area (Å²) in [6, 6.07) is 4.05. The fourth-order valence-electron chi connectivity index (χ4n) is 5.04. The van der Waals surface area contributed by atoms with E-state index in [1.54, 1.807) is 17.1 Å². The maximum Gasteiger partial charge on any atom is 0.227 e. The molecule has 6 rings (SSSR count). The molecular weight excluding hydrogens is 494 g/mol. The van der Waals surface area contributed by atoms with Crippen molar-refractivity contribution in [2.24, 2.45) is 5.41 Å². The summed E-state index contributed by atoms with van der Waals surface area (Å²) < 4.78 is 27.6. The number of piperidine rings is 1. The number of alkyl halides is 1. The van der Waals surface area contributed by atoms with E-state index in [9.17, 15) is 0 Å². The minimum absolute atomic E-state index is 0.0398. The van der Waals surface area contributed by atoms with E-state index in [0.717, 1.165) is 17.5 Å². The van der Waals surface area contributed by atoms with Gasteiger partial charge in [-0.3, -0.25) is 9.58 Å². The second kappa shape index (κ2) is 9.12. The van der Waals surface area contributed by atoms with Gasteiger partial charge >= 0.3 is 0 Å². The van der Waals surface area contributed by atoms with Crippen LogP contribution in [0, 0.1) is 5.41 Å². The molecular formula is C24H27Cl2FN6O2. The Balaban J connectivity index is 1.21. The first kappa shape index (κ1) is 23.4. The normalized spacial score (nSPS) is 24.8. The third kappa shape index (κ3) is 4.49. The van der Waals surface area contributed by atoms with Gasteiger partial charge in [-0.1, -0.05) is 30.1 Å². The van der Waals surface area contributed by atoms with Gasteiger partial charge in [-0.2, -0.15) is 5.10 Å². The lowest BCUT2D eigenvalue weighted by Gasteiger charge is -2.43. The highest BCUT2D eigenvalue weighted by atomic mass is 35.5. The second-order valence-electron chi connectivity index (χ2n) is 10.2. The molecule has 35 heavy (non-hydrogen) atoms. The number of hydrogen-bond donors (Lipinski definition) is 1. The Labute approximate surface area is 212 Å². The molecule has 5 heterocycles. The van der Waals surface area contributed by atoms with E-state index in [1.807, 2.05) is 12.1 Å². The molecule has 3 aliphatic heterocycles. The monoisotopic (exact) mass is 520 g/mol. The van der Waals surface area contributed by atoms with Crippen LogP contribution in [0.25, 0.3) is 10.9 Å². The van der Waals surface area contributed by atoms with Gasteiger partial charge in [0.25, 0.3) is 0 Å². The van der Waals surface area contributed by atoms with Crippen LogP contribution in [0.1, 0.15) is 24.8 Å². The summed E-state index contributed by atoms with van der Waals surface area (Å²) in [6.45, 7) is 6.82. The number of anilines is 2. The van der Waals surface area contributed by atoms with Crippen LogP contribution >= 0.6 is 23.2 Å². The first-order chi connectivity index (χ1) is 16.9. The molecule has 0 aliphatic carbocycles. The van der Waals surface area contributed by atoms with Crippen LogP contribution in [0.15, 0.2) is 24.5 Å². The van der Waals surface area contributed by atoms with Gasteiger partial charge in [0, 0.05) is 34.5 Å². The Hall–Kier alpha value is -2.04. The fourth-order valence-corrected chi connectivity index (χ4v) is 5.56. The first-order valence-electron chi connectivity index (χ1n) is 11.9. The van der Waals surface area contributed by atoms with E-state index >= 15 is 4.39 Å². The summed E-state index contributed by atoms with van der Waals surface area (Å²) >= 11 is 13.2. The lowest BCUT2D eigenvalue weighted by Crippen LogP contribution is -2.54. The SMILES string of the molecule is CC1(Cn2ncc(Nc3ncc4cc(Cl)c(C5CCN(C6COC6)CC5F)cc4n3)c2Cl)COC1. The molecule has 2 unspecified atom stereocenters. The number of likely N-dealkylation sites (tertiary alicyclic amines) is 1. The summed E-state index contributed by atoms with van der Waals surface area (Å²) in [4.78, 5) is 11.3. The summed E-state index contributed by atoms with van der Waals surface area (Å²) in [5, 5.41) is 9.40. The van der Waals surface area contributed by atoms with Gasteiger partial charge in [-0.15, -0.1) is 0 Å². The first-order valence-corrected chi connectivity index (χ1v) is 12.6. The predicted molar refractivity (Wildman–Crippen MR) is 132 cm³/mol. The summed E-state index contributed by atoms with van der Waals surface area (Å²) in [7, 11) is 0. The maximum absolute atomic E-state index is 15.2. The van der Waals surface area contributed by atoms with Crippen LogP contribution in [0.2, 0.25) is 10.2 Å². The minimum atomic E-state index is -0.994. The highest BCUT2D eigenvalue weighted by Gasteiger charge is 2.37. The molecule has 0 radical (unpaired) electrons. The lowest BCUT2D eigenvalue weighted by atomic mass is 9.86. The Kier molecular flexibility index (Phi) is 6.09. The van der Waals surface area contributed by atoms with Crippen molar-refractivity contribution in [2.75, 3.05) is 44.8 Å². The van der Waals surface area contributed by atoms with Crippen LogP contribution in [0.5, 0.6) is 0 Å². The molecule has 2 aromatic heterocycles. The van der Waals surface area contributed by atoms with Crippen LogP contribution in [0.4, 0.5) is 16.0 Å². The molecule has 186 valence electrons. The van der Waals surface area contributed by atoms with Crippen LogP contribution in [-0.2, 0) is 16.0 Å². The average molecular weight is 521 g/mol. The molecule has 0 spiro atoms. The number of aromatic nitrogens is 4. The number of nitrogens with one attached hydrogen (secondary N) is 1. The highest BCUT2D eigenvalue weighted by molar-refractivity contribution is 6.32. The standard InChI is InChI=1S/C24H27Cl2FN6O2/c1-24(12-35-13-24)11-33-22(26)21(7-29-33)31-23-28-6-14-4-18(25)17(5-20(14)30-23)16-2-3-32(8-19(16)27)15-9-34-10-15/h4-7,15-16,19H,2-3,8-13H2,1H3,(H,28,30,31). The third-order valence-corrected chi connectivity index (χ3v) is 7.99. The zero-order valence-corrected chi connectivity index (χ0v) is 20.9. The topological polar surface area (TPSA) is 77.3 Å². The van der Waals surface area contributed by atoms with Crippen molar-refractivity contribution in [3.63, 3.8) is 0 Å². The minimum Gasteiger partial charge on any atom is -0.380 e. The van der Waals surface area contributed by atoms with Crippen molar-refractivity contribution in [1.29, 1.82) is 0 Å². The van der Waals surface area contributed by atoms with E-state index in [2.05, 4.69) is 32.2 Å². The molecule has 0 bridgehead atoms. The van der Waals surface area contributed by atoms with Crippen molar-refractivity contribution in [2.45, 2.75) is 38.0 Å². The molecule has 0 saturated carbocycles. The zero-order chi connectivity index (χ0) is 24.2. The number of ether oxygens (including phenoxy) is 2. The number of hydrogen-bond acceptors (Lipinski definition) is 7. The summed E-state index contributed by atoms with van der Waals surface area (Å²) in [5.41, 5.74) is 2.16. The third-order valence-electron chi connectivity index (χ3n) is 7.26. The van der Waals surface area contributed by atoms with Gasteiger partial charge < -0.3 is 14.8 Å². The van der Waals surface area contributed by atoms with Gasteiger partial charge in [0.1, 0.15) is 6.17 Å². The lowest BCUT2D eigenvalue weighted by molar-refractivity contribution is -0.111. The van der Waals surface area contributed by atoms with Crippen molar-refractivity contribution in [1.82, 2.24) is 24.6 Å². The predicted octanol–water partition coefficient (Wildman–Crippen LogP) is 4.44. The Morgan fingerprint density at radius 1 is 1.20 bits per heavy atom. The van der Waals surface area contributed by atoms with E-state index in [1.165, 1.54) is 0 Å². The molecule has 2 atom stereocenters. The largest absolute Gasteiger partial charge is 0.380 e. The van der Waals surface area contributed by atoms with Crippen molar-refractivity contribution in [3.8, 4) is 0 Å². The van der Waals surface area contributed by atoms with Gasteiger partial charge in [0.15, 0.2) is 5.15 Å². The molecule has 3 saturated heterocycles. The molecule has 1 aromatic carbocycles. The van der Waals surface area contributed by atoms with E-state index < -0.39 is 6.17 Å². The molecule has 3 fully saturated rings. The zero-order valence-electron chi connectivity index (χ0n) is 19.4. The van der Waals surface area contributed by atoms with Gasteiger partial charge in [0.2, 0.25) is 5.95 Å². The van der Waals surface area contributed by atoms with Crippen molar-refractivity contribution >= 4 is 45.7 Å². The van der Waals surface area contributed by atoms with E-state index in [-0.39, 0.29) is 11.3 Å². The van der Waals surface area contributed by atoms with Gasteiger partial charge in [0.05, 0.1) is 56.4 Å². The second-order valence-corrected chi connectivity index (χ2v) is 10.9. The Bertz CT molecular complexity index is 1250. The summed E-state index contributed by atoms with van der Waals surface area (Å²) in [5.74, 6) is 0.127. The Morgan fingerprint density at radius 3 is 2.71 bits per heavy atom. The van der Waals surface area contributed by atoms with Gasteiger partial charge in [-0.25, -0.2) is 14.4 Å². The van der Waals surface area contributed by atoms with Crippen LogP contribution in [0.3, 0.4) is 0 Å². The van der Waals surface area contributed by atoms with Crippen molar-refractivity contribution < 1.29 is 13.9 Å². The number of fused-ring (bicyclic) bond motifs is 1. The van der Waals surface area contributed by atoms with Crippen LogP contribution < -0.4 is 5.32 Å². The maximum atomic E-state index is 15.2. The Morgan fingerprint density at radius 2 is 2.03 bits per heavy atom. The van der Waals surface area contributed by atoms with Crippen molar-refractivity contribution in [3.05, 3.63) is 40.3 Å².